The quantitative estimate of drug-likeness (QED) is 0.150. The van der Waals surface area contributed by atoms with Crippen LogP contribution >= 0.6 is 11.3 Å². The van der Waals surface area contributed by atoms with Gasteiger partial charge in [-0.2, -0.15) is 0 Å². The van der Waals surface area contributed by atoms with Crippen LogP contribution in [0, 0.1) is 0 Å². The SMILES string of the molecule is CC1(C)c2ccccc2N(c2ccccc2)c2ccc(-c3ccc4c(c3)c3cc(-c5ccc(N(c6ccc(-c7ccccc7)cc6)c6ccc7sc8ccccc8c7c6)cc5)ccc3n4-c3ccccc3)cc21. The molecule has 346 valence electrons. The van der Waals surface area contributed by atoms with Crippen molar-refractivity contribution in [1.82, 2.24) is 4.57 Å². The Kier molecular flexibility index (Phi) is 10.1. The van der Waals surface area contributed by atoms with E-state index in [1.54, 1.807) is 0 Å². The first kappa shape index (κ1) is 42.9. The molecular formula is C69H49N3S. The third-order valence-corrected chi connectivity index (χ3v) is 16.3. The molecule has 2 aromatic heterocycles. The number of anilines is 6. The average molecular weight is 952 g/mol. The van der Waals surface area contributed by atoms with Gasteiger partial charge in [0.05, 0.1) is 22.4 Å². The fraction of sp³-hybridized carbons (Fsp3) is 0.0435. The highest BCUT2D eigenvalue weighted by atomic mass is 32.1. The van der Waals surface area contributed by atoms with Crippen molar-refractivity contribution >= 4 is 87.4 Å². The second-order valence-electron chi connectivity index (χ2n) is 19.8. The minimum Gasteiger partial charge on any atom is -0.310 e. The van der Waals surface area contributed by atoms with Gasteiger partial charge in [0.25, 0.3) is 0 Å². The molecule has 13 aromatic rings. The van der Waals surface area contributed by atoms with E-state index in [9.17, 15) is 0 Å². The van der Waals surface area contributed by atoms with Gasteiger partial charge in [-0.15, -0.1) is 11.3 Å². The molecule has 0 saturated heterocycles. The Balaban J connectivity index is 0.875. The van der Waals surface area contributed by atoms with E-state index in [1.807, 2.05) is 11.3 Å². The molecule has 0 aliphatic carbocycles. The lowest BCUT2D eigenvalue weighted by Gasteiger charge is -2.42. The summed E-state index contributed by atoms with van der Waals surface area (Å²) in [6, 6.07) is 95.9. The third kappa shape index (κ3) is 7.17. The summed E-state index contributed by atoms with van der Waals surface area (Å²) in [4.78, 5) is 4.82. The lowest BCUT2D eigenvalue weighted by atomic mass is 9.73. The standard InChI is InChI=1S/C69H49N3S/c1-69(2)61-23-13-14-24-65(61)72(53-20-10-5-11-21-53)66-40-32-51(44-62(66)69)50-31-39-64-59(43-50)58-42-49(30-38-63(58)71(64)52-18-8-4-9-19-52)48-28-35-55(36-29-48)70(54-33-26-47(27-34-54)46-16-6-3-7-17-46)56-37-41-68-60(45-56)57-22-12-15-25-67(57)73-68/h3-45H,1-2H3. The number of rotatable bonds is 8. The number of fused-ring (bicyclic) bond motifs is 8. The first-order valence-electron chi connectivity index (χ1n) is 25.2. The maximum Gasteiger partial charge on any atom is 0.0541 e. The van der Waals surface area contributed by atoms with Gasteiger partial charge >= 0.3 is 0 Å². The van der Waals surface area contributed by atoms with Crippen molar-refractivity contribution in [1.29, 1.82) is 0 Å². The molecule has 0 radical (unpaired) electrons. The topological polar surface area (TPSA) is 11.4 Å². The Bertz CT molecular complexity index is 4210. The predicted molar refractivity (Wildman–Crippen MR) is 311 cm³/mol. The van der Waals surface area contributed by atoms with Crippen LogP contribution in [0.4, 0.5) is 34.1 Å². The molecule has 1 aliphatic rings. The van der Waals surface area contributed by atoms with E-state index in [2.05, 4.69) is 289 Å². The number of para-hydroxylation sites is 3. The minimum absolute atomic E-state index is 0.207. The summed E-state index contributed by atoms with van der Waals surface area (Å²) in [5, 5.41) is 5.02. The molecular weight excluding hydrogens is 903 g/mol. The third-order valence-electron chi connectivity index (χ3n) is 15.2. The Labute approximate surface area is 429 Å². The average Bonchev–Trinajstić information content (AvgIpc) is 3.99. The molecule has 0 N–H and O–H groups in total. The van der Waals surface area contributed by atoms with Crippen LogP contribution in [-0.4, -0.2) is 4.57 Å². The molecule has 0 saturated carbocycles. The van der Waals surface area contributed by atoms with Crippen LogP contribution in [0.5, 0.6) is 0 Å². The number of aromatic nitrogens is 1. The highest BCUT2D eigenvalue weighted by molar-refractivity contribution is 7.25. The molecule has 73 heavy (non-hydrogen) atoms. The molecule has 0 atom stereocenters. The van der Waals surface area contributed by atoms with E-state index in [-0.39, 0.29) is 5.41 Å². The van der Waals surface area contributed by atoms with Crippen molar-refractivity contribution in [3.8, 4) is 39.1 Å². The molecule has 4 heteroatoms. The maximum atomic E-state index is 2.44. The fourth-order valence-corrected chi connectivity index (χ4v) is 12.6. The second-order valence-corrected chi connectivity index (χ2v) is 20.8. The number of benzene rings is 11. The van der Waals surface area contributed by atoms with Crippen molar-refractivity contribution in [2.45, 2.75) is 19.3 Å². The van der Waals surface area contributed by atoms with E-state index in [0.29, 0.717) is 0 Å². The van der Waals surface area contributed by atoms with Gasteiger partial charge in [-0.3, -0.25) is 0 Å². The molecule has 0 spiro atoms. The highest BCUT2D eigenvalue weighted by Gasteiger charge is 2.37. The van der Waals surface area contributed by atoms with E-state index < -0.39 is 0 Å². The smallest absolute Gasteiger partial charge is 0.0541 e. The van der Waals surface area contributed by atoms with Crippen LogP contribution in [0.2, 0.25) is 0 Å². The van der Waals surface area contributed by atoms with Crippen molar-refractivity contribution in [2.24, 2.45) is 0 Å². The molecule has 14 rings (SSSR count). The lowest BCUT2D eigenvalue weighted by Crippen LogP contribution is -2.30. The summed E-state index contributed by atoms with van der Waals surface area (Å²) in [7, 11) is 0. The van der Waals surface area contributed by atoms with Crippen LogP contribution < -0.4 is 9.80 Å². The van der Waals surface area contributed by atoms with Crippen molar-refractivity contribution in [3.05, 3.63) is 272 Å². The number of hydrogen-bond acceptors (Lipinski definition) is 3. The van der Waals surface area contributed by atoms with Gasteiger partial charge in [-0.1, -0.05) is 159 Å². The van der Waals surface area contributed by atoms with Gasteiger partial charge < -0.3 is 14.4 Å². The number of thiophene rings is 1. The summed E-state index contributed by atoms with van der Waals surface area (Å²) < 4.78 is 5.02. The van der Waals surface area contributed by atoms with Gasteiger partial charge in [0.15, 0.2) is 0 Å². The second kappa shape index (κ2) is 17.1. The Morgan fingerprint density at radius 1 is 0.329 bits per heavy atom. The monoisotopic (exact) mass is 951 g/mol. The van der Waals surface area contributed by atoms with Gasteiger partial charge in [0.1, 0.15) is 0 Å². The van der Waals surface area contributed by atoms with Gasteiger partial charge in [-0.05, 0) is 160 Å². The minimum atomic E-state index is -0.207. The van der Waals surface area contributed by atoms with Crippen LogP contribution in [0.25, 0.3) is 81.0 Å². The molecule has 0 amide bonds. The maximum absolute atomic E-state index is 2.44. The molecule has 0 unspecified atom stereocenters. The largest absolute Gasteiger partial charge is 0.310 e. The van der Waals surface area contributed by atoms with Crippen LogP contribution in [-0.2, 0) is 5.41 Å². The molecule has 3 nitrogen and oxygen atoms in total. The summed E-state index contributed by atoms with van der Waals surface area (Å²) in [5.41, 5.74) is 20.1. The van der Waals surface area contributed by atoms with Crippen molar-refractivity contribution in [3.63, 3.8) is 0 Å². The molecule has 0 fully saturated rings. The molecule has 3 heterocycles. The number of hydrogen-bond donors (Lipinski definition) is 0. The first-order valence-corrected chi connectivity index (χ1v) is 26.0. The Hall–Kier alpha value is -8.96. The van der Waals surface area contributed by atoms with Crippen LogP contribution in [0.3, 0.4) is 0 Å². The first-order chi connectivity index (χ1) is 35.9. The lowest BCUT2D eigenvalue weighted by molar-refractivity contribution is 0.632. The van der Waals surface area contributed by atoms with Gasteiger partial charge in [-0.25, -0.2) is 0 Å². The summed E-state index contributed by atoms with van der Waals surface area (Å²) in [6.07, 6.45) is 0. The zero-order chi connectivity index (χ0) is 48.6. The zero-order valence-corrected chi connectivity index (χ0v) is 41.4. The normalized spacial score (nSPS) is 12.9. The Morgan fingerprint density at radius 3 is 1.49 bits per heavy atom. The van der Waals surface area contributed by atoms with Gasteiger partial charge in [0.2, 0.25) is 0 Å². The van der Waals surface area contributed by atoms with E-state index in [4.69, 9.17) is 0 Å². The zero-order valence-electron chi connectivity index (χ0n) is 40.6. The molecule has 0 bridgehead atoms. The van der Waals surface area contributed by atoms with Crippen LogP contribution in [0.15, 0.2) is 261 Å². The summed E-state index contributed by atoms with van der Waals surface area (Å²) in [6.45, 7) is 4.74. The fourth-order valence-electron chi connectivity index (χ4n) is 11.5. The van der Waals surface area contributed by atoms with Gasteiger partial charge in [0, 0.05) is 64.8 Å². The predicted octanol–water partition coefficient (Wildman–Crippen LogP) is 19.7. The van der Waals surface area contributed by atoms with Crippen molar-refractivity contribution in [2.75, 3.05) is 9.80 Å². The van der Waals surface area contributed by atoms with E-state index >= 15 is 0 Å². The molecule has 11 aromatic carbocycles. The van der Waals surface area contributed by atoms with E-state index in [1.165, 1.54) is 97.9 Å². The van der Waals surface area contributed by atoms with E-state index in [0.717, 1.165) is 28.4 Å². The Morgan fingerprint density at radius 2 is 0.808 bits per heavy atom. The summed E-state index contributed by atoms with van der Waals surface area (Å²) >= 11 is 1.85. The van der Waals surface area contributed by atoms with Crippen LogP contribution in [0.1, 0.15) is 25.0 Å². The van der Waals surface area contributed by atoms with Crippen molar-refractivity contribution < 1.29 is 0 Å². The molecule has 1 aliphatic heterocycles. The number of nitrogens with zero attached hydrogens (tertiary/aromatic N) is 3. The summed E-state index contributed by atoms with van der Waals surface area (Å²) in [5.74, 6) is 0. The highest BCUT2D eigenvalue weighted by Crippen LogP contribution is 2.53.